The highest BCUT2D eigenvalue weighted by Crippen LogP contribution is 2.09. The van der Waals surface area contributed by atoms with E-state index in [1.807, 2.05) is 44.2 Å². The van der Waals surface area contributed by atoms with Crippen LogP contribution in [0.2, 0.25) is 0 Å². The maximum absolute atomic E-state index is 12.7. The van der Waals surface area contributed by atoms with Crippen LogP contribution in [0, 0.1) is 5.92 Å². The highest BCUT2D eigenvalue weighted by atomic mass is 16.6. The van der Waals surface area contributed by atoms with Crippen LogP contribution in [0.25, 0.3) is 0 Å². The second-order valence-electron chi connectivity index (χ2n) is 7.77. The molecule has 2 amide bonds. The number of nitrogens with one attached hydrogen (secondary N) is 2. The summed E-state index contributed by atoms with van der Waals surface area (Å²) in [5.41, 5.74) is 0.233. The van der Waals surface area contributed by atoms with Gasteiger partial charge in [-0.3, -0.25) is 4.79 Å². The van der Waals surface area contributed by atoms with Crippen LogP contribution in [-0.2, 0) is 20.7 Å². The molecule has 6 nitrogen and oxygen atoms in total. The number of ether oxygens (including phenoxy) is 1. The first-order valence-corrected chi connectivity index (χ1v) is 8.90. The second-order valence-corrected chi connectivity index (χ2v) is 7.77. The Morgan fingerprint density at radius 3 is 2.23 bits per heavy atom. The van der Waals surface area contributed by atoms with Crippen LogP contribution in [0.4, 0.5) is 4.79 Å². The first-order chi connectivity index (χ1) is 12.1. The molecule has 2 unspecified atom stereocenters. The molecule has 1 aromatic carbocycles. The van der Waals surface area contributed by atoms with E-state index in [-0.39, 0.29) is 5.92 Å². The fourth-order valence-electron chi connectivity index (χ4n) is 2.45. The molecule has 6 heteroatoms. The lowest BCUT2D eigenvalue weighted by Crippen LogP contribution is -2.52. The minimum atomic E-state index is -0.832. The van der Waals surface area contributed by atoms with Gasteiger partial charge in [0.25, 0.3) is 0 Å². The van der Waals surface area contributed by atoms with Gasteiger partial charge in [0, 0.05) is 6.42 Å². The lowest BCUT2D eigenvalue weighted by atomic mass is 10.0. The number of rotatable bonds is 8. The van der Waals surface area contributed by atoms with Gasteiger partial charge >= 0.3 is 6.09 Å². The monoisotopic (exact) mass is 362 g/mol. The lowest BCUT2D eigenvalue weighted by Gasteiger charge is -2.24. The maximum atomic E-state index is 12.7. The third-order valence-corrected chi connectivity index (χ3v) is 3.51. The SMILES string of the molecule is CC(C)CC(C=O)NC(=O)C(Cc1ccccc1)NC(=O)OC(C)(C)C. The Morgan fingerprint density at radius 2 is 1.73 bits per heavy atom. The summed E-state index contributed by atoms with van der Waals surface area (Å²) in [6.07, 6.45) is 0.907. The fourth-order valence-corrected chi connectivity index (χ4v) is 2.45. The number of hydrogen-bond donors (Lipinski definition) is 2. The van der Waals surface area contributed by atoms with Crippen molar-refractivity contribution in [2.24, 2.45) is 5.92 Å². The summed E-state index contributed by atoms with van der Waals surface area (Å²) < 4.78 is 5.25. The Labute approximate surface area is 155 Å². The van der Waals surface area contributed by atoms with Gasteiger partial charge in [-0.05, 0) is 38.7 Å². The van der Waals surface area contributed by atoms with Crippen molar-refractivity contribution in [2.45, 2.75) is 65.1 Å². The number of carbonyl (C=O) groups excluding carboxylic acids is 3. The molecule has 0 aliphatic heterocycles. The molecule has 0 spiro atoms. The van der Waals surface area contributed by atoms with Gasteiger partial charge in [-0.2, -0.15) is 0 Å². The number of hydrogen-bond acceptors (Lipinski definition) is 4. The number of amides is 2. The van der Waals surface area contributed by atoms with Crippen molar-refractivity contribution in [1.29, 1.82) is 0 Å². The van der Waals surface area contributed by atoms with Crippen molar-refractivity contribution in [1.82, 2.24) is 10.6 Å². The summed E-state index contributed by atoms with van der Waals surface area (Å²) in [7, 11) is 0. The van der Waals surface area contributed by atoms with Gasteiger partial charge < -0.3 is 20.2 Å². The van der Waals surface area contributed by atoms with Crippen molar-refractivity contribution < 1.29 is 19.1 Å². The zero-order chi connectivity index (χ0) is 19.7. The lowest BCUT2D eigenvalue weighted by molar-refractivity contribution is -0.126. The standard InChI is InChI=1S/C20H30N2O4/c1-14(2)11-16(13-23)21-18(24)17(12-15-9-7-6-8-10-15)22-19(25)26-20(3,4)5/h6-10,13-14,16-17H,11-12H2,1-5H3,(H,21,24)(H,22,25). The van der Waals surface area contributed by atoms with Crippen LogP contribution in [0.15, 0.2) is 30.3 Å². The highest BCUT2D eigenvalue weighted by Gasteiger charge is 2.26. The minimum Gasteiger partial charge on any atom is -0.444 e. The third kappa shape index (κ3) is 8.65. The third-order valence-electron chi connectivity index (χ3n) is 3.51. The molecule has 1 rings (SSSR count). The number of aldehydes is 1. The number of benzene rings is 1. The van der Waals surface area contributed by atoms with E-state index in [1.165, 1.54) is 0 Å². The second kappa shape index (κ2) is 9.94. The van der Waals surface area contributed by atoms with E-state index in [4.69, 9.17) is 4.74 Å². The van der Waals surface area contributed by atoms with Crippen LogP contribution < -0.4 is 10.6 Å². The molecule has 0 saturated heterocycles. The van der Waals surface area contributed by atoms with Gasteiger partial charge in [0.1, 0.15) is 17.9 Å². The molecule has 0 fully saturated rings. The van der Waals surface area contributed by atoms with Crippen LogP contribution in [0.5, 0.6) is 0 Å². The highest BCUT2D eigenvalue weighted by molar-refractivity contribution is 5.87. The maximum Gasteiger partial charge on any atom is 0.408 e. The summed E-state index contributed by atoms with van der Waals surface area (Å²) in [6, 6.07) is 7.95. The van der Waals surface area contributed by atoms with Crippen molar-refractivity contribution in [3.05, 3.63) is 35.9 Å². The average molecular weight is 362 g/mol. The smallest absolute Gasteiger partial charge is 0.408 e. The molecule has 26 heavy (non-hydrogen) atoms. The molecule has 0 aliphatic carbocycles. The van der Waals surface area contributed by atoms with E-state index < -0.39 is 29.7 Å². The molecule has 0 aliphatic rings. The van der Waals surface area contributed by atoms with Gasteiger partial charge in [-0.25, -0.2) is 4.79 Å². The Balaban J connectivity index is 2.86. The average Bonchev–Trinajstić information content (AvgIpc) is 2.52. The van der Waals surface area contributed by atoms with Gasteiger partial charge in [0.2, 0.25) is 5.91 Å². The van der Waals surface area contributed by atoms with Crippen LogP contribution in [-0.4, -0.2) is 36.0 Å². The molecule has 0 radical (unpaired) electrons. The Kier molecular flexibility index (Phi) is 8.29. The van der Waals surface area contributed by atoms with E-state index in [2.05, 4.69) is 10.6 Å². The molecule has 1 aromatic rings. The zero-order valence-electron chi connectivity index (χ0n) is 16.2. The van der Waals surface area contributed by atoms with Gasteiger partial charge in [-0.15, -0.1) is 0 Å². The van der Waals surface area contributed by atoms with Crippen LogP contribution in [0.3, 0.4) is 0 Å². The summed E-state index contributed by atoms with van der Waals surface area (Å²) in [5.74, 6) is -0.144. The fraction of sp³-hybridized carbons (Fsp3) is 0.550. The Hall–Kier alpha value is -2.37. The van der Waals surface area contributed by atoms with Crippen molar-refractivity contribution in [3.8, 4) is 0 Å². The largest absolute Gasteiger partial charge is 0.444 e. The van der Waals surface area contributed by atoms with E-state index in [0.29, 0.717) is 12.8 Å². The molecular weight excluding hydrogens is 332 g/mol. The first-order valence-electron chi connectivity index (χ1n) is 8.90. The van der Waals surface area contributed by atoms with Crippen molar-refractivity contribution in [3.63, 3.8) is 0 Å². The molecule has 0 heterocycles. The number of carbonyl (C=O) groups is 3. The summed E-state index contributed by atoms with van der Waals surface area (Å²) >= 11 is 0. The summed E-state index contributed by atoms with van der Waals surface area (Å²) in [6.45, 7) is 9.21. The van der Waals surface area contributed by atoms with E-state index in [9.17, 15) is 14.4 Å². The minimum absolute atomic E-state index is 0.261. The van der Waals surface area contributed by atoms with Gasteiger partial charge in [0.05, 0.1) is 6.04 Å². The van der Waals surface area contributed by atoms with Gasteiger partial charge in [0.15, 0.2) is 0 Å². The predicted octanol–water partition coefficient (Wildman–Crippen LogP) is 2.85. The molecule has 144 valence electrons. The topological polar surface area (TPSA) is 84.5 Å². The molecule has 0 aromatic heterocycles. The molecule has 2 N–H and O–H groups in total. The molecule has 0 bridgehead atoms. The molecular formula is C20H30N2O4. The molecule has 0 saturated carbocycles. The van der Waals surface area contributed by atoms with Crippen molar-refractivity contribution >= 4 is 18.3 Å². The summed E-state index contributed by atoms with van der Waals surface area (Å²) in [4.78, 5) is 36.0. The number of alkyl carbamates (subject to hydrolysis) is 1. The Morgan fingerprint density at radius 1 is 1.12 bits per heavy atom. The zero-order valence-corrected chi connectivity index (χ0v) is 16.2. The van der Waals surface area contributed by atoms with Crippen LogP contribution in [0.1, 0.15) is 46.6 Å². The van der Waals surface area contributed by atoms with Crippen molar-refractivity contribution in [2.75, 3.05) is 0 Å². The van der Waals surface area contributed by atoms with E-state index >= 15 is 0 Å². The van der Waals surface area contributed by atoms with E-state index in [1.54, 1.807) is 20.8 Å². The first kappa shape index (κ1) is 21.7. The van der Waals surface area contributed by atoms with Crippen LogP contribution >= 0.6 is 0 Å². The predicted molar refractivity (Wildman–Crippen MR) is 101 cm³/mol. The summed E-state index contributed by atoms with van der Waals surface area (Å²) in [5, 5.41) is 5.32. The molecule has 2 atom stereocenters. The quantitative estimate of drug-likeness (QED) is 0.697. The van der Waals surface area contributed by atoms with E-state index in [0.717, 1.165) is 11.8 Å². The van der Waals surface area contributed by atoms with Gasteiger partial charge in [-0.1, -0.05) is 44.2 Å². The Bertz CT molecular complexity index is 594. The normalized spacial score (nSPS) is 13.6.